The highest BCUT2D eigenvalue weighted by Gasteiger charge is 2.21. The molecule has 100 valence electrons. The second kappa shape index (κ2) is 6.72. The van der Waals surface area contributed by atoms with E-state index in [1.807, 2.05) is 20.8 Å². The third kappa shape index (κ3) is 8.59. The van der Waals surface area contributed by atoms with Crippen molar-refractivity contribution in [3.8, 4) is 11.5 Å². The lowest BCUT2D eigenvalue weighted by Crippen LogP contribution is -2.39. The third-order valence-electron chi connectivity index (χ3n) is 2.00. The second-order valence-electron chi connectivity index (χ2n) is 6.36. The van der Waals surface area contributed by atoms with Crippen molar-refractivity contribution in [1.82, 2.24) is 4.72 Å². The molecule has 0 aromatic carbocycles. The van der Waals surface area contributed by atoms with Gasteiger partial charge in [0.15, 0.2) is 0 Å². The normalized spacial score (nSPS) is 15.9. The molecule has 0 saturated heterocycles. The molecule has 17 heavy (non-hydrogen) atoms. The highest BCUT2D eigenvalue weighted by Crippen LogP contribution is 2.10. The molecule has 1 N–H and O–H groups in total. The van der Waals surface area contributed by atoms with E-state index in [9.17, 15) is 4.21 Å². The number of hydrogen-bond acceptors (Lipinski definition) is 1. The Morgan fingerprint density at radius 2 is 1.82 bits per heavy atom. The van der Waals surface area contributed by atoms with E-state index in [-0.39, 0.29) is 10.8 Å². The first-order valence-corrected chi connectivity index (χ1v) is 10.9. The summed E-state index contributed by atoms with van der Waals surface area (Å²) in [6, 6.07) is 0.0618. The van der Waals surface area contributed by atoms with Gasteiger partial charge in [-0.2, -0.15) is 0 Å². The van der Waals surface area contributed by atoms with E-state index >= 15 is 0 Å². The monoisotopic (exact) mass is 273 g/mol. The van der Waals surface area contributed by atoms with Crippen LogP contribution in [-0.2, 0) is 11.0 Å². The number of rotatable bonds is 4. The predicted molar refractivity (Wildman–Crippen MR) is 80.8 cm³/mol. The molecule has 0 aromatic heterocycles. The van der Waals surface area contributed by atoms with Crippen LogP contribution in [0, 0.1) is 11.5 Å². The number of nitrogens with one attached hydrogen (secondary N) is 1. The van der Waals surface area contributed by atoms with Crippen LogP contribution in [-0.4, -0.2) is 23.1 Å². The van der Waals surface area contributed by atoms with Gasteiger partial charge in [0, 0.05) is 0 Å². The summed E-state index contributed by atoms with van der Waals surface area (Å²) in [6.45, 7) is 14.7. The van der Waals surface area contributed by atoms with Crippen molar-refractivity contribution < 1.29 is 4.21 Å². The molecule has 0 rings (SSSR count). The summed E-state index contributed by atoms with van der Waals surface area (Å²) < 4.78 is 14.9. The lowest BCUT2D eigenvalue weighted by atomic mass is 10.2. The summed E-state index contributed by atoms with van der Waals surface area (Å²) in [5, 5.41) is 0. The van der Waals surface area contributed by atoms with Gasteiger partial charge in [-0.1, -0.05) is 38.9 Å². The smallest absolute Gasteiger partial charge is 0.129 e. The fourth-order valence-electron chi connectivity index (χ4n) is 1.06. The lowest BCUT2D eigenvalue weighted by molar-refractivity contribution is 0.609. The van der Waals surface area contributed by atoms with E-state index in [0.29, 0.717) is 0 Å². The van der Waals surface area contributed by atoms with Crippen LogP contribution < -0.4 is 4.72 Å². The fourth-order valence-corrected chi connectivity index (χ4v) is 2.45. The summed E-state index contributed by atoms with van der Waals surface area (Å²) in [6.07, 6.45) is 2.01. The Balaban J connectivity index is 4.65. The molecule has 0 saturated carbocycles. The van der Waals surface area contributed by atoms with Crippen molar-refractivity contribution in [3.05, 3.63) is 0 Å². The number of hydrogen-bond donors (Lipinski definition) is 1. The third-order valence-corrected chi connectivity index (χ3v) is 4.51. The van der Waals surface area contributed by atoms with E-state index in [0.717, 1.165) is 12.8 Å². The minimum absolute atomic E-state index is 0.0618. The van der Waals surface area contributed by atoms with Crippen LogP contribution in [0.5, 0.6) is 0 Å². The maximum atomic E-state index is 12.0. The Morgan fingerprint density at radius 3 is 2.18 bits per heavy atom. The molecule has 0 aliphatic rings. The van der Waals surface area contributed by atoms with Crippen LogP contribution in [0.4, 0.5) is 0 Å². The van der Waals surface area contributed by atoms with Crippen LogP contribution in [0.25, 0.3) is 0 Å². The molecule has 0 bridgehead atoms. The minimum atomic E-state index is -1.35. The predicted octanol–water partition coefficient (Wildman–Crippen LogP) is 3.09. The van der Waals surface area contributed by atoms with Gasteiger partial charge in [0.2, 0.25) is 0 Å². The van der Waals surface area contributed by atoms with Gasteiger partial charge in [0.05, 0.1) is 21.8 Å². The van der Waals surface area contributed by atoms with Gasteiger partial charge in [-0.3, -0.25) is 0 Å². The Bertz CT molecular complexity index is 317. The maximum absolute atomic E-state index is 12.0. The molecule has 4 heteroatoms. The average Bonchev–Trinajstić information content (AvgIpc) is 2.11. The molecule has 0 heterocycles. The molecule has 0 amide bonds. The van der Waals surface area contributed by atoms with Gasteiger partial charge < -0.3 is 0 Å². The highest BCUT2D eigenvalue weighted by molar-refractivity contribution is 7.84. The van der Waals surface area contributed by atoms with Gasteiger partial charge in [0.25, 0.3) is 0 Å². The Kier molecular flexibility index (Phi) is 6.68. The second-order valence-corrected chi connectivity index (χ2v) is 13.1. The first-order valence-electron chi connectivity index (χ1n) is 6.27. The largest absolute Gasteiger partial charge is 0.242 e. The van der Waals surface area contributed by atoms with Crippen LogP contribution in [0.2, 0.25) is 19.6 Å². The quantitative estimate of drug-likeness (QED) is 0.619. The van der Waals surface area contributed by atoms with Crippen molar-refractivity contribution in [2.45, 2.75) is 71.0 Å². The van der Waals surface area contributed by atoms with Gasteiger partial charge in [0.1, 0.15) is 8.07 Å². The summed E-state index contributed by atoms with van der Waals surface area (Å²) in [7, 11) is -2.38. The zero-order valence-electron chi connectivity index (χ0n) is 12.3. The van der Waals surface area contributed by atoms with Gasteiger partial charge in [-0.15, -0.1) is 5.54 Å². The fraction of sp³-hybridized carbons (Fsp3) is 0.846. The molecule has 0 fully saturated rings. The van der Waals surface area contributed by atoms with Crippen LogP contribution in [0.1, 0.15) is 40.5 Å². The zero-order valence-corrected chi connectivity index (χ0v) is 14.1. The first kappa shape index (κ1) is 16.9. The maximum Gasteiger partial charge on any atom is 0.129 e. The van der Waals surface area contributed by atoms with Gasteiger partial charge in [-0.05, 0) is 27.2 Å². The molecule has 0 aliphatic carbocycles. The SMILES string of the molecule is CCC[C@@H](C#C[Si](C)(C)C)N[S@](=O)C(C)(C)C. The van der Waals surface area contributed by atoms with E-state index in [1.54, 1.807) is 0 Å². The van der Waals surface area contributed by atoms with E-state index in [1.165, 1.54) is 0 Å². The average molecular weight is 274 g/mol. The summed E-state index contributed by atoms with van der Waals surface area (Å²) in [5.41, 5.74) is 3.36. The van der Waals surface area contributed by atoms with Crippen LogP contribution in [0.3, 0.4) is 0 Å². The van der Waals surface area contributed by atoms with Crippen molar-refractivity contribution in [2.75, 3.05) is 0 Å². The summed E-state index contributed by atoms with van der Waals surface area (Å²) in [4.78, 5) is 0. The zero-order chi connectivity index (χ0) is 13.7. The van der Waals surface area contributed by atoms with Gasteiger partial charge in [-0.25, -0.2) is 8.93 Å². The van der Waals surface area contributed by atoms with Crippen LogP contribution in [0.15, 0.2) is 0 Å². The molecular formula is C13H27NOSSi. The summed E-state index contributed by atoms with van der Waals surface area (Å²) >= 11 is 0. The van der Waals surface area contributed by atoms with E-state index in [2.05, 4.69) is 42.8 Å². The topological polar surface area (TPSA) is 29.1 Å². The van der Waals surface area contributed by atoms with E-state index < -0.39 is 19.1 Å². The summed E-state index contributed by atoms with van der Waals surface area (Å²) in [5.74, 6) is 3.27. The molecule has 0 aliphatic heterocycles. The Labute approximate surface area is 111 Å². The minimum Gasteiger partial charge on any atom is -0.242 e. The molecule has 0 aromatic rings. The molecule has 2 atom stereocenters. The van der Waals surface area contributed by atoms with Crippen molar-refractivity contribution in [1.29, 1.82) is 0 Å². The van der Waals surface area contributed by atoms with Crippen molar-refractivity contribution in [3.63, 3.8) is 0 Å². The molecule has 0 spiro atoms. The molecule has 0 unspecified atom stereocenters. The van der Waals surface area contributed by atoms with Crippen molar-refractivity contribution in [2.24, 2.45) is 0 Å². The van der Waals surface area contributed by atoms with E-state index in [4.69, 9.17) is 0 Å². The molecule has 2 nitrogen and oxygen atoms in total. The highest BCUT2D eigenvalue weighted by atomic mass is 32.2. The first-order chi connectivity index (χ1) is 7.56. The van der Waals surface area contributed by atoms with Crippen LogP contribution >= 0.6 is 0 Å². The molecular weight excluding hydrogens is 246 g/mol. The molecule has 0 radical (unpaired) electrons. The Morgan fingerprint density at radius 1 is 1.29 bits per heavy atom. The van der Waals surface area contributed by atoms with Gasteiger partial charge >= 0.3 is 0 Å². The Hall–Kier alpha value is -0.113. The standard InChI is InChI=1S/C13H27NOSSi/c1-8-9-12(10-11-17(5,6)7)14-16(15)13(2,3)4/h12,14H,8-9H2,1-7H3/t12-,16+/m0/s1. The lowest BCUT2D eigenvalue weighted by Gasteiger charge is -2.21. The van der Waals surface area contributed by atoms with Crippen molar-refractivity contribution >= 4 is 19.1 Å².